The van der Waals surface area contributed by atoms with E-state index < -0.39 is 0 Å². The number of rotatable bonds is 5. The number of likely N-dealkylation sites (N-methyl/N-ethyl adjacent to an activating group) is 1. The predicted molar refractivity (Wildman–Crippen MR) is 82.1 cm³/mol. The van der Waals surface area contributed by atoms with Crippen LogP contribution in [0.4, 0.5) is 0 Å². The topological polar surface area (TPSA) is 51.0 Å². The third-order valence-corrected chi connectivity index (χ3v) is 3.84. The summed E-state index contributed by atoms with van der Waals surface area (Å²) in [4.78, 5) is 18.3. The van der Waals surface area contributed by atoms with Crippen molar-refractivity contribution in [1.82, 2.24) is 19.7 Å². The lowest BCUT2D eigenvalue weighted by Gasteiger charge is -2.24. The maximum Gasteiger partial charge on any atom is 0.244 e. The summed E-state index contributed by atoms with van der Waals surface area (Å²) in [5.74, 6) is -0.00222. The summed E-state index contributed by atoms with van der Waals surface area (Å²) >= 11 is 5.95. The van der Waals surface area contributed by atoms with E-state index in [1.54, 1.807) is 29.0 Å². The van der Waals surface area contributed by atoms with E-state index in [0.29, 0.717) is 5.02 Å². The Morgan fingerprint density at radius 1 is 1.48 bits per heavy atom. The number of amides is 1. The van der Waals surface area contributed by atoms with Gasteiger partial charge in [-0.1, -0.05) is 17.7 Å². The molecule has 0 saturated heterocycles. The van der Waals surface area contributed by atoms with Crippen LogP contribution in [0.3, 0.4) is 0 Å². The van der Waals surface area contributed by atoms with E-state index in [0.717, 1.165) is 17.8 Å². The second-order valence-electron chi connectivity index (χ2n) is 5.14. The molecule has 2 aromatic rings. The Labute approximate surface area is 129 Å². The monoisotopic (exact) mass is 306 g/mol. The summed E-state index contributed by atoms with van der Waals surface area (Å²) in [6.07, 6.45) is 4.16. The average molecular weight is 307 g/mol. The number of pyridine rings is 1. The Balaban J connectivity index is 1.95. The second kappa shape index (κ2) is 6.72. The van der Waals surface area contributed by atoms with E-state index >= 15 is 0 Å². The van der Waals surface area contributed by atoms with Crippen LogP contribution >= 0.6 is 11.6 Å². The molecule has 0 N–H and O–H groups in total. The molecule has 2 heterocycles. The molecule has 0 unspecified atom stereocenters. The fraction of sp³-hybridized carbons (Fsp3) is 0.400. The first kappa shape index (κ1) is 15.5. The summed E-state index contributed by atoms with van der Waals surface area (Å²) in [6.45, 7) is 4.02. The van der Waals surface area contributed by atoms with E-state index in [1.165, 1.54) is 0 Å². The number of aryl methyl sites for hydroxylation is 1. The summed E-state index contributed by atoms with van der Waals surface area (Å²) in [7, 11) is 1.80. The van der Waals surface area contributed by atoms with Crippen LogP contribution in [0.2, 0.25) is 5.02 Å². The first-order valence-electron chi connectivity index (χ1n) is 6.82. The number of aromatic nitrogens is 3. The largest absolute Gasteiger partial charge is 0.341 e. The van der Waals surface area contributed by atoms with Crippen molar-refractivity contribution < 1.29 is 4.79 Å². The van der Waals surface area contributed by atoms with Gasteiger partial charge in [0.25, 0.3) is 0 Å². The van der Waals surface area contributed by atoms with Crippen LogP contribution in [0.25, 0.3) is 0 Å². The van der Waals surface area contributed by atoms with Crippen molar-refractivity contribution in [1.29, 1.82) is 0 Å². The first-order valence-corrected chi connectivity index (χ1v) is 7.20. The van der Waals surface area contributed by atoms with Gasteiger partial charge < -0.3 is 4.90 Å². The van der Waals surface area contributed by atoms with Crippen molar-refractivity contribution in [2.75, 3.05) is 7.05 Å². The van der Waals surface area contributed by atoms with Gasteiger partial charge in [-0.05, 0) is 26.0 Å². The maximum absolute atomic E-state index is 12.3. The van der Waals surface area contributed by atoms with Crippen molar-refractivity contribution in [3.63, 3.8) is 0 Å². The Morgan fingerprint density at radius 3 is 2.81 bits per heavy atom. The third kappa shape index (κ3) is 4.04. The molecule has 2 rings (SSSR count). The fourth-order valence-corrected chi connectivity index (χ4v) is 2.18. The maximum atomic E-state index is 12.3. The van der Waals surface area contributed by atoms with Crippen molar-refractivity contribution >= 4 is 17.5 Å². The summed E-state index contributed by atoms with van der Waals surface area (Å²) < 4.78 is 1.57. The van der Waals surface area contributed by atoms with Gasteiger partial charge in [0.2, 0.25) is 5.91 Å². The fourth-order valence-electron chi connectivity index (χ4n) is 2.03. The van der Waals surface area contributed by atoms with Gasteiger partial charge in [-0.15, -0.1) is 0 Å². The van der Waals surface area contributed by atoms with Crippen LogP contribution in [0.15, 0.2) is 30.6 Å². The van der Waals surface area contributed by atoms with Gasteiger partial charge in [0.05, 0.1) is 10.7 Å². The molecule has 5 nitrogen and oxygen atoms in total. The van der Waals surface area contributed by atoms with Gasteiger partial charge in [0.15, 0.2) is 0 Å². The number of carbonyl (C=O) groups is 1. The minimum atomic E-state index is -0.00222. The molecule has 1 amide bonds. The number of halogens is 1. The van der Waals surface area contributed by atoms with Crippen molar-refractivity contribution in [2.45, 2.75) is 32.9 Å². The molecule has 1 atom stereocenters. The molecule has 0 aliphatic heterocycles. The first-order chi connectivity index (χ1) is 9.97. The van der Waals surface area contributed by atoms with Crippen LogP contribution in [-0.4, -0.2) is 38.7 Å². The Hall–Kier alpha value is -1.88. The smallest absolute Gasteiger partial charge is 0.244 e. The molecule has 0 aromatic carbocycles. The number of nitrogens with zero attached hydrogens (tertiary/aromatic N) is 4. The summed E-state index contributed by atoms with van der Waals surface area (Å²) in [5, 5.41) is 4.78. The van der Waals surface area contributed by atoms with Crippen LogP contribution < -0.4 is 0 Å². The Bertz CT molecular complexity index is 592. The molecule has 0 fully saturated rings. The zero-order chi connectivity index (χ0) is 15.4. The molecule has 0 radical (unpaired) electrons. The third-order valence-electron chi connectivity index (χ3n) is 3.47. The number of hydrogen-bond acceptors (Lipinski definition) is 3. The average Bonchev–Trinajstić information content (AvgIpc) is 2.77. The van der Waals surface area contributed by atoms with Gasteiger partial charge in [0, 0.05) is 37.6 Å². The standard InChI is InChI=1S/C15H19ClN4O/c1-11(8-13-6-4-5-7-17-13)19(3)15(21)10-20-9-14(16)12(2)18-20/h4-7,9,11H,8,10H2,1-3H3/t11-/m1/s1. The SMILES string of the molecule is Cc1nn(CC(=O)N(C)[C@H](C)Cc2ccccn2)cc1Cl. The quantitative estimate of drug-likeness (QED) is 0.852. The molecule has 112 valence electrons. The lowest BCUT2D eigenvalue weighted by molar-refractivity contribution is -0.132. The van der Waals surface area contributed by atoms with Gasteiger partial charge in [-0.25, -0.2) is 0 Å². The van der Waals surface area contributed by atoms with E-state index in [4.69, 9.17) is 11.6 Å². The Kier molecular flexibility index (Phi) is 4.96. The highest BCUT2D eigenvalue weighted by Gasteiger charge is 2.17. The molecule has 6 heteroatoms. The lowest BCUT2D eigenvalue weighted by atomic mass is 10.1. The van der Waals surface area contributed by atoms with Crippen LogP contribution in [0, 0.1) is 6.92 Å². The van der Waals surface area contributed by atoms with E-state index in [1.807, 2.05) is 32.0 Å². The molecule has 0 saturated carbocycles. The van der Waals surface area contributed by atoms with Crippen molar-refractivity contribution in [3.05, 3.63) is 47.0 Å². The highest BCUT2D eigenvalue weighted by atomic mass is 35.5. The normalized spacial score (nSPS) is 12.2. The van der Waals surface area contributed by atoms with Gasteiger partial charge in [0.1, 0.15) is 6.54 Å². The Morgan fingerprint density at radius 2 is 2.24 bits per heavy atom. The highest BCUT2D eigenvalue weighted by Crippen LogP contribution is 2.12. The van der Waals surface area contributed by atoms with Crippen LogP contribution in [0.1, 0.15) is 18.3 Å². The minimum absolute atomic E-state index is 0.00222. The molecule has 2 aromatic heterocycles. The summed E-state index contributed by atoms with van der Waals surface area (Å²) in [6, 6.07) is 5.86. The van der Waals surface area contributed by atoms with Crippen LogP contribution in [-0.2, 0) is 17.8 Å². The van der Waals surface area contributed by atoms with E-state index in [-0.39, 0.29) is 18.5 Å². The van der Waals surface area contributed by atoms with E-state index in [2.05, 4.69) is 10.1 Å². The predicted octanol–water partition coefficient (Wildman–Crippen LogP) is 2.33. The number of hydrogen-bond donors (Lipinski definition) is 0. The molecule has 0 spiro atoms. The lowest BCUT2D eigenvalue weighted by Crippen LogP contribution is -2.38. The van der Waals surface area contributed by atoms with E-state index in [9.17, 15) is 4.79 Å². The molecule has 21 heavy (non-hydrogen) atoms. The van der Waals surface area contributed by atoms with Crippen molar-refractivity contribution in [3.8, 4) is 0 Å². The van der Waals surface area contributed by atoms with Gasteiger partial charge in [-0.3, -0.25) is 14.5 Å². The van der Waals surface area contributed by atoms with Gasteiger partial charge >= 0.3 is 0 Å². The zero-order valence-electron chi connectivity index (χ0n) is 12.5. The summed E-state index contributed by atoms with van der Waals surface area (Å²) in [5.41, 5.74) is 1.70. The number of carbonyl (C=O) groups excluding carboxylic acids is 1. The molecule has 0 bridgehead atoms. The molecule has 0 aliphatic carbocycles. The molecule has 0 aliphatic rings. The minimum Gasteiger partial charge on any atom is -0.341 e. The zero-order valence-corrected chi connectivity index (χ0v) is 13.2. The van der Waals surface area contributed by atoms with Gasteiger partial charge in [-0.2, -0.15) is 5.10 Å². The van der Waals surface area contributed by atoms with Crippen LogP contribution in [0.5, 0.6) is 0 Å². The highest BCUT2D eigenvalue weighted by molar-refractivity contribution is 6.31. The molecular formula is C15H19ClN4O. The second-order valence-corrected chi connectivity index (χ2v) is 5.55. The molecular weight excluding hydrogens is 288 g/mol. The van der Waals surface area contributed by atoms with Crippen molar-refractivity contribution in [2.24, 2.45) is 0 Å².